The predicted octanol–water partition coefficient (Wildman–Crippen LogP) is 0.832. The summed E-state index contributed by atoms with van der Waals surface area (Å²) in [5.41, 5.74) is 7.38. The average molecular weight is 249 g/mol. The summed E-state index contributed by atoms with van der Waals surface area (Å²) in [7, 11) is 0. The summed E-state index contributed by atoms with van der Waals surface area (Å²) in [6.45, 7) is 5.47. The van der Waals surface area contributed by atoms with E-state index in [1.165, 1.54) is 0 Å². The molecule has 0 bridgehead atoms. The molecule has 0 aromatic heterocycles. The Balaban J connectivity index is 2.64. The van der Waals surface area contributed by atoms with Crippen LogP contribution in [0.15, 0.2) is 18.2 Å². The van der Waals surface area contributed by atoms with Crippen LogP contribution in [0.2, 0.25) is 0 Å². The Bertz CT molecular complexity index is 435. The minimum atomic E-state index is -0.329. The van der Waals surface area contributed by atoms with Crippen LogP contribution >= 0.6 is 0 Å². The van der Waals surface area contributed by atoms with Gasteiger partial charge in [0.25, 0.3) is 5.91 Å². The van der Waals surface area contributed by atoms with Crippen LogP contribution in [0.3, 0.4) is 0 Å². The van der Waals surface area contributed by atoms with Gasteiger partial charge in [-0.3, -0.25) is 9.59 Å². The van der Waals surface area contributed by atoms with E-state index in [9.17, 15) is 9.59 Å². The first-order chi connectivity index (χ1) is 8.41. The largest absolute Gasteiger partial charge is 0.398 e. The van der Waals surface area contributed by atoms with E-state index >= 15 is 0 Å². The Morgan fingerprint density at radius 2 is 2.00 bits per heavy atom. The summed E-state index contributed by atoms with van der Waals surface area (Å²) in [6.07, 6.45) is 0. The second-order valence-electron chi connectivity index (χ2n) is 4.44. The van der Waals surface area contributed by atoms with Gasteiger partial charge in [-0.25, -0.2) is 0 Å². The first kappa shape index (κ1) is 14.0. The Morgan fingerprint density at radius 1 is 1.33 bits per heavy atom. The zero-order valence-corrected chi connectivity index (χ0v) is 10.9. The number of rotatable bonds is 4. The van der Waals surface area contributed by atoms with Crippen molar-refractivity contribution in [1.82, 2.24) is 10.6 Å². The fraction of sp³-hybridized carbons (Fsp3) is 0.385. The molecule has 0 saturated heterocycles. The number of nitrogens with one attached hydrogen (secondary N) is 2. The molecule has 0 atom stereocenters. The Kier molecular flexibility index (Phi) is 4.71. The molecule has 0 fully saturated rings. The van der Waals surface area contributed by atoms with E-state index < -0.39 is 0 Å². The SMILES string of the molecule is Cc1cccc(N)c1C(=O)NCC(=O)NC(C)C. The number of hydrogen-bond donors (Lipinski definition) is 3. The van der Waals surface area contributed by atoms with Crippen LogP contribution in [-0.4, -0.2) is 24.4 Å². The highest BCUT2D eigenvalue weighted by Crippen LogP contribution is 2.15. The van der Waals surface area contributed by atoms with E-state index in [1.807, 2.05) is 13.8 Å². The topological polar surface area (TPSA) is 84.2 Å². The molecule has 1 rings (SSSR count). The number of nitrogen functional groups attached to an aromatic ring is 1. The Labute approximate surface area is 107 Å². The molecule has 5 nitrogen and oxygen atoms in total. The molecule has 0 spiro atoms. The van der Waals surface area contributed by atoms with Crippen molar-refractivity contribution in [2.75, 3.05) is 12.3 Å². The second kappa shape index (κ2) is 6.05. The minimum absolute atomic E-state index is 0.0508. The third kappa shape index (κ3) is 3.76. The molecule has 0 aliphatic rings. The van der Waals surface area contributed by atoms with Gasteiger partial charge in [-0.1, -0.05) is 12.1 Å². The van der Waals surface area contributed by atoms with Crippen LogP contribution in [-0.2, 0) is 4.79 Å². The molecule has 2 amide bonds. The van der Waals surface area contributed by atoms with Crippen LogP contribution in [0.1, 0.15) is 29.8 Å². The quantitative estimate of drug-likeness (QED) is 0.691. The predicted molar refractivity (Wildman–Crippen MR) is 71.2 cm³/mol. The molecule has 0 heterocycles. The van der Waals surface area contributed by atoms with Gasteiger partial charge in [0.15, 0.2) is 0 Å². The Hall–Kier alpha value is -2.04. The van der Waals surface area contributed by atoms with Gasteiger partial charge in [-0.15, -0.1) is 0 Å². The summed E-state index contributed by atoms with van der Waals surface area (Å²) in [5, 5.41) is 5.25. The van der Waals surface area contributed by atoms with E-state index in [0.29, 0.717) is 11.3 Å². The summed E-state index contributed by atoms with van der Waals surface area (Å²) in [4.78, 5) is 23.3. The summed E-state index contributed by atoms with van der Waals surface area (Å²) in [6, 6.07) is 5.31. The molecule has 98 valence electrons. The molecule has 0 saturated carbocycles. The molecular weight excluding hydrogens is 230 g/mol. The third-order valence-corrected chi connectivity index (χ3v) is 2.39. The van der Waals surface area contributed by atoms with Crippen molar-refractivity contribution in [2.45, 2.75) is 26.8 Å². The van der Waals surface area contributed by atoms with Crippen molar-refractivity contribution in [2.24, 2.45) is 0 Å². The fourth-order valence-electron chi connectivity index (χ4n) is 1.62. The van der Waals surface area contributed by atoms with Gasteiger partial charge >= 0.3 is 0 Å². The number of benzene rings is 1. The summed E-state index contributed by atoms with van der Waals surface area (Å²) in [5.74, 6) is -0.546. The Morgan fingerprint density at radius 3 is 2.56 bits per heavy atom. The number of carbonyl (C=O) groups excluding carboxylic acids is 2. The first-order valence-corrected chi connectivity index (χ1v) is 5.84. The first-order valence-electron chi connectivity index (χ1n) is 5.84. The number of nitrogens with two attached hydrogens (primary N) is 1. The van der Waals surface area contributed by atoms with Crippen molar-refractivity contribution in [3.63, 3.8) is 0 Å². The molecule has 18 heavy (non-hydrogen) atoms. The maximum atomic E-state index is 11.9. The van der Waals surface area contributed by atoms with Crippen molar-refractivity contribution in [1.29, 1.82) is 0 Å². The molecule has 4 N–H and O–H groups in total. The molecular formula is C13H19N3O2. The highest BCUT2D eigenvalue weighted by molar-refractivity contribution is 6.01. The van der Waals surface area contributed by atoms with E-state index in [4.69, 9.17) is 5.73 Å². The highest BCUT2D eigenvalue weighted by Gasteiger charge is 2.13. The van der Waals surface area contributed by atoms with Gasteiger partial charge in [0.2, 0.25) is 5.91 Å². The number of aryl methyl sites for hydroxylation is 1. The lowest BCUT2D eigenvalue weighted by Gasteiger charge is -2.11. The van der Waals surface area contributed by atoms with E-state index in [0.717, 1.165) is 5.56 Å². The second-order valence-corrected chi connectivity index (χ2v) is 4.44. The standard InChI is InChI=1S/C13H19N3O2/c1-8(2)16-11(17)7-15-13(18)12-9(3)5-4-6-10(12)14/h4-6,8H,7,14H2,1-3H3,(H,15,18)(H,16,17). The normalized spacial score (nSPS) is 10.2. The molecule has 1 aromatic carbocycles. The van der Waals surface area contributed by atoms with Crippen LogP contribution in [0.4, 0.5) is 5.69 Å². The minimum Gasteiger partial charge on any atom is -0.398 e. The van der Waals surface area contributed by atoms with Gasteiger partial charge < -0.3 is 16.4 Å². The van der Waals surface area contributed by atoms with Gasteiger partial charge in [-0.05, 0) is 32.4 Å². The van der Waals surface area contributed by atoms with Crippen LogP contribution in [0, 0.1) is 6.92 Å². The van der Waals surface area contributed by atoms with E-state index in [1.54, 1.807) is 25.1 Å². The van der Waals surface area contributed by atoms with Gasteiger partial charge in [0.05, 0.1) is 12.1 Å². The molecule has 0 aliphatic carbocycles. The maximum Gasteiger partial charge on any atom is 0.254 e. The van der Waals surface area contributed by atoms with Crippen molar-refractivity contribution < 1.29 is 9.59 Å². The van der Waals surface area contributed by atoms with E-state index in [-0.39, 0.29) is 24.4 Å². The number of hydrogen-bond acceptors (Lipinski definition) is 3. The molecule has 5 heteroatoms. The van der Waals surface area contributed by atoms with Crippen LogP contribution < -0.4 is 16.4 Å². The lowest BCUT2D eigenvalue weighted by molar-refractivity contribution is -0.120. The van der Waals surface area contributed by atoms with Crippen molar-refractivity contribution >= 4 is 17.5 Å². The zero-order valence-electron chi connectivity index (χ0n) is 10.9. The number of amides is 2. The average Bonchev–Trinajstić information content (AvgIpc) is 2.25. The van der Waals surface area contributed by atoms with Gasteiger partial charge in [0.1, 0.15) is 0 Å². The van der Waals surface area contributed by atoms with Gasteiger partial charge in [-0.2, -0.15) is 0 Å². The monoisotopic (exact) mass is 249 g/mol. The lowest BCUT2D eigenvalue weighted by atomic mass is 10.1. The molecule has 0 unspecified atom stereocenters. The number of carbonyl (C=O) groups is 2. The fourth-order valence-corrected chi connectivity index (χ4v) is 1.62. The highest BCUT2D eigenvalue weighted by atomic mass is 16.2. The van der Waals surface area contributed by atoms with E-state index in [2.05, 4.69) is 10.6 Å². The smallest absolute Gasteiger partial charge is 0.254 e. The molecule has 0 radical (unpaired) electrons. The zero-order chi connectivity index (χ0) is 13.7. The van der Waals surface area contributed by atoms with Crippen molar-refractivity contribution in [3.8, 4) is 0 Å². The lowest BCUT2D eigenvalue weighted by Crippen LogP contribution is -2.40. The van der Waals surface area contributed by atoms with Crippen molar-refractivity contribution in [3.05, 3.63) is 29.3 Å². The molecule has 0 aliphatic heterocycles. The molecule has 1 aromatic rings. The summed E-state index contributed by atoms with van der Waals surface area (Å²) < 4.78 is 0. The van der Waals surface area contributed by atoms with Crippen LogP contribution in [0.5, 0.6) is 0 Å². The van der Waals surface area contributed by atoms with Crippen LogP contribution in [0.25, 0.3) is 0 Å². The maximum absolute atomic E-state index is 11.9. The van der Waals surface area contributed by atoms with Gasteiger partial charge in [0, 0.05) is 11.7 Å². The third-order valence-electron chi connectivity index (χ3n) is 2.39. The summed E-state index contributed by atoms with van der Waals surface area (Å²) >= 11 is 0. The number of anilines is 1.